The van der Waals surface area contributed by atoms with Crippen molar-refractivity contribution in [3.8, 4) is 0 Å². The van der Waals surface area contributed by atoms with E-state index in [1.54, 1.807) is 0 Å². The van der Waals surface area contributed by atoms with Crippen LogP contribution < -0.4 is 0 Å². The first kappa shape index (κ1) is 8.31. The lowest BCUT2D eigenvalue weighted by Gasteiger charge is -2.16. The summed E-state index contributed by atoms with van der Waals surface area (Å²) in [6.45, 7) is 3.12. The normalized spacial score (nSPS) is 15.2. The van der Waals surface area contributed by atoms with Crippen LogP contribution in [0.1, 0.15) is 27.6 Å². The van der Waals surface area contributed by atoms with Gasteiger partial charge in [0.25, 0.3) is 0 Å². The Labute approximate surface area is 76.0 Å². The number of carbonyl (C=O) groups is 1. The van der Waals surface area contributed by atoms with E-state index >= 15 is 0 Å². The molecule has 0 atom stereocenters. The number of rotatable bonds is 1. The summed E-state index contributed by atoms with van der Waals surface area (Å²) in [7, 11) is 0. The minimum Gasteiger partial charge on any atom is -0.375 e. The quantitative estimate of drug-likeness (QED) is 0.593. The van der Waals surface area contributed by atoms with E-state index in [1.807, 2.05) is 6.92 Å². The number of hydrogen-bond acceptors (Lipinski definition) is 4. The minimum absolute atomic E-state index is 0.252. The van der Waals surface area contributed by atoms with Crippen LogP contribution in [0.5, 0.6) is 0 Å². The van der Waals surface area contributed by atoms with Gasteiger partial charge in [0, 0.05) is 5.69 Å². The predicted octanol–water partition coefficient (Wildman–Crippen LogP) is 0.670. The second-order valence-electron chi connectivity index (χ2n) is 3.01. The largest absolute Gasteiger partial charge is 0.375 e. The Hall–Kier alpha value is -1.29. The number of hydrogen-bond donors (Lipinski definition) is 0. The molecule has 0 N–H and O–H groups in total. The fourth-order valence-corrected chi connectivity index (χ4v) is 1.52. The summed E-state index contributed by atoms with van der Waals surface area (Å²) in [5.41, 5.74) is 2.90. The van der Waals surface area contributed by atoms with E-state index in [4.69, 9.17) is 4.74 Å². The highest BCUT2D eigenvalue weighted by Crippen LogP contribution is 2.16. The van der Waals surface area contributed by atoms with E-state index in [-0.39, 0.29) is 5.82 Å². The van der Waals surface area contributed by atoms with Crippen LogP contribution in [0.4, 0.5) is 0 Å². The van der Waals surface area contributed by atoms with E-state index < -0.39 is 0 Å². The molecule has 0 unspecified atom stereocenters. The smallest absolute Gasteiger partial charge is 0.193 e. The minimum atomic E-state index is 0.252. The molecule has 0 radical (unpaired) electrons. The van der Waals surface area contributed by atoms with Crippen molar-refractivity contribution in [3.63, 3.8) is 0 Å². The molecule has 0 saturated carbocycles. The van der Waals surface area contributed by atoms with Gasteiger partial charge in [-0.15, -0.1) is 0 Å². The zero-order chi connectivity index (χ0) is 9.26. The topological polar surface area (TPSA) is 52.1 Å². The van der Waals surface area contributed by atoms with Gasteiger partial charge in [-0.05, 0) is 18.9 Å². The fraction of sp³-hybridized carbons (Fsp3) is 0.444. The summed E-state index contributed by atoms with van der Waals surface area (Å²) in [5.74, 6) is 0.252. The van der Waals surface area contributed by atoms with Crippen molar-refractivity contribution in [1.29, 1.82) is 0 Å². The number of nitrogens with zero attached hydrogens (tertiary/aromatic N) is 2. The SMILES string of the molecule is Cc1nc(C=O)nc2c1CCOC2. The standard InChI is InChI=1S/C9H10N2O2/c1-6-7-2-3-13-5-8(7)11-9(4-12)10-6/h4H,2-3,5H2,1H3. The molecule has 1 aliphatic heterocycles. The highest BCUT2D eigenvalue weighted by atomic mass is 16.5. The molecule has 0 bridgehead atoms. The van der Waals surface area contributed by atoms with Crippen LogP contribution in [-0.4, -0.2) is 22.9 Å². The number of aldehydes is 1. The number of ether oxygens (including phenoxy) is 1. The van der Waals surface area contributed by atoms with Crippen molar-refractivity contribution in [2.75, 3.05) is 6.61 Å². The number of aromatic nitrogens is 2. The molecule has 0 fully saturated rings. The van der Waals surface area contributed by atoms with Crippen LogP contribution in [0.3, 0.4) is 0 Å². The van der Waals surface area contributed by atoms with Crippen LogP contribution >= 0.6 is 0 Å². The molecule has 1 aromatic heterocycles. The predicted molar refractivity (Wildman–Crippen MR) is 45.5 cm³/mol. The Balaban J connectivity index is 2.52. The second-order valence-corrected chi connectivity index (χ2v) is 3.01. The first-order valence-corrected chi connectivity index (χ1v) is 4.20. The molecule has 1 aliphatic rings. The van der Waals surface area contributed by atoms with Crippen LogP contribution in [0.25, 0.3) is 0 Å². The molecule has 2 rings (SSSR count). The molecule has 0 aliphatic carbocycles. The lowest BCUT2D eigenvalue weighted by molar-refractivity contribution is 0.105. The summed E-state index contributed by atoms with van der Waals surface area (Å²) in [6, 6.07) is 0. The van der Waals surface area contributed by atoms with Gasteiger partial charge in [0.1, 0.15) is 0 Å². The van der Waals surface area contributed by atoms with Gasteiger partial charge in [-0.2, -0.15) is 0 Å². The fourth-order valence-electron chi connectivity index (χ4n) is 1.52. The molecule has 1 aromatic rings. The summed E-state index contributed by atoms with van der Waals surface area (Å²) in [4.78, 5) is 18.6. The highest BCUT2D eigenvalue weighted by molar-refractivity contribution is 5.69. The molecule has 2 heterocycles. The molecular weight excluding hydrogens is 168 g/mol. The van der Waals surface area contributed by atoms with E-state index in [2.05, 4.69) is 9.97 Å². The molecule has 0 aromatic carbocycles. The number of fused-ring (bicyclic) bond motifs is 1. The van der Waals surface area contributed by atoms with Gasteiger partial charge in [0.15, 0.2) is 12.1 Å². The van der Waals surface area contributed by atoms with Crippen molar-refractivity contribution in [3.05, 3.63) is 22.8 Å². The molecule has 0 spiro atoms. The van der Waals surface area contributed by atoms with Crippen LogP contribution in [0, 0.1) is 6.92 Å². The average molecular weight is 178 g/mol. The van der Waals surface area contributed by atoms with Gasteiger partial charge < -0.3 is 4.74 Å². The highest BCUT2D eigenvalue weighted by Gasteiger charge is 2.15. The second kappa shape index (κ2) is 3.22. The van der Waals surface area contributed by atoms with Gasteiger partial charge in [-0.3, -0.25) is 4.79 Å². The van der Waals surface area contributed by atoms with Gasteiger partial charge in [-0.1, -0.05) is 0 Å². The molecule has 68 valence electrons. The summed E-state index contributed by atoms with van der Waals surface area (Å²) in [5, 5.41) is 0. The monoisotopic (exact) mass is 178 g/mol. The van der Waals surface area contributed by atoms with Crippen LogP contribution in [-0.2, 0) is 17.8 Å². The van der Waals surface area contributed by atoms with Crippen LogP contribution in [0.2, 0.25) is 0 Å². The van der Waals surface area contributed by atoms with Gasteiger partial charge >= 0.3 is 0 Å². The molecule has 13 heavy (non-hydrogen) atoms. The van der Waals surface area contributed by atoms with Gasteiger partial charge in [-0.25, -0.2) is 9.97 Å². The maximum Gasteiger partial charge on any atom is 0.193 e. The van der Waals surface area contributed by atoms with Crippen molar-refractivity contribution < 1.29 is 9.53 Å². The first-order valence-electron chi connectivity index (χ1n) is 4.20. The molecule has 0 amide bonds. The average Bonchev–Trinajstić information content (AvgIpc) is 2.18. The number of aryl methyl sites for hydroxylation is 1. The Kier molecular flexibility index (Phi) is 2.06. The van der Waals surface area contributed by atoms with Crippen molar-refractivity contribution in [2.45, 2.75) is 20.0 Å². The van der Waals surface area contributed by atoms with Crippen molar-refractivity contribution in [2.24, 2.45) is 0 Å². The maximum absolute atomic E-state index is 10.5. The molecule has 4 heteroatoms. The Bertz CT molecular complexity index is 350. The van der Waals surface area contributed by atoms with E-state index in [1.165, 1.54) is 0 Å². The van der Waals surface area contributed by atoms with Crippen LogP contribution in [0.15, 0.2) is 0 Å². The zero-order valence-electron chi connectivity index (χ0n) is 7.41. The lowest BCUT2D eigenvalue weighted by Crippen LogP contribution is -2.16. The third-order valence-corrected chi connectivity index (χ3v) is 2.16. The Morgan fingerprint density at radius 2 is 2.31 bits per heavy atom. The molecule has 4 nitrogen and oxygen atoms in total. The third kappa shape index (κ3) is 1.45. The van der Waals surface area contributed by atoms with Crippen molar-refractivity contribution in [1.82, 2.24) is 9.97 Å². The maximum atomic E-state index is 10.5. The Morgan fingerprint density at radius 1 is 1.46 bits per heavy atom. The number of carbonyl (C=O) groups excluding carboxylic acids is 1. The summed E-state index contributed by atoms with van der Waals surface area (Å²) in [6.07, 6.45) is 1.52. The molecule has 0 saturated heterocycles. The Morgan fingerprint density at radius 3 is 3.08 bits per heavy atom. The third-order valence-electron chi connectivity index (χ3n) is 2.16. The van der Waals surface area contributed by atoms with E-state index in [9.17, 15) is 4.79 Å². The molecular formula is C9H10N2O2. The van der Waals surface area contributed by atoms with E-state index in [0.29, 0.717) is 12.9 Å². The van der Waals surface area contributed by atoms with Gasteiger partial charge in [0.05, 0.1) is 18.9 Å². The van der Waals surface area contributed by atoms with Gasteiger partial charge in [0.2, 0.25) is 0 Å². The zero-order valence-corrected chi connectivity index (χ0v) is 7.41. The lowest BCUT2D eigenvalue weighted by atomic mass is 10.1. The van der Waals surface area contributed by atoms with Crippen molar-refractivity contribution >= 4 is 6.29 Å². The van der Waals surface area contributed by atoms with E-state index in [0.717, 1.165) is 30.0 Å². The summed E-state index contributed by atoms with van der Waals surface area (Å²) >= 11 is 0. The summed E-state index contributed by atoms with van der Waals surface area (Å²) < 4.78 is 5.24. The first-order chi connectivity index (χ1) is 6.31.